The lowest BCUT2D eigenvalue weighted by Crippen LogP contribution is -2.34. The van der Waals surface area contributed by atoms with Gasteiger partial charge in [0, 0.05) is 36.8 Å². The number of β-amino-alcohol motifs (C(OH)–C–C–N with tert-alkyl or cyclic N) is 1. The summed E-state index contributed by atoms with van der Waals surface area (Å²) >= 11 is 12.0. The van der Waals surface area contributed by atoms with E-state index < -0.39 is 6.10 Å². The first-order chi connectivity index (χ1) is 11.0. The first kappa shape index (κ1) is 16.3. The minimum absolute atomic E-state index is 0.0275. The zero-order valence-electron chi connectivity index (χ0n) is 12.2. The number of aliphatic hydroxyl groups excluding tert-OH is 1. The van der Waals surface area contributed by atoms with Crippen molar-refractivity contribution in [2.24, 2.45) is 5.92 Å². The van der Waals surface area contributed by atoms with E-state index in [2.05, 4.69) is 15.7 Å². The van der Waals surface area contributed by atoms with Gasteiger partial charge in [-0.3, -0.25) is 4.79 Å². The quantitative estimate of drug-likeness (QED) is 0.777. The van der Waals surface area contributed by atoms with Crippen LogP contribution in [0, 0.1) is 5.92 Å². The molecule has 1 saturated heterocycles. The number of halogens is 2. The first-order valence-corrected chi connectivity index (χ1v) is 7.97. The van der Waals surface area contributed by atoms with Crippen molar-refractivity contribution < 1.29 is 9.90 Å². The fraction of sp³-hybridized carbons (Fsp3) is 0.333. The molecule has 0 saturated carbocycles. The molecule has 3 N–H and O–H groups in total. The molecule has 0 aliphatic carbocycles. The van der Waals surface area contributed by atoms with E-state index in [9.17, 15) is 9.90 Å². The number of hydrogen-bond acceptors (Lipinski definition) is 4. The van der Waals surface area contributed by atoms with E-state index in [0.717, 1.165) is 0 Å². The zero-order chi connectivity index (χ0) is 16.4. The van der Waals surface area contributed by atoms with Crippen molar-refractivity contribution >= 4 is 29.1 Å². The summed E-state index contributed by atoms with van der Waals surface area (Å²) in [7, 11) is 0. The SMILES string of the molecule is O=C(NCC1CNCC1O)c1cnn(-c2ccc(Cl)cc2Cl)c1. The number of nitrogens with one attached hydrogen (secondary N) is 2. The Morgan fingerprint density at radius 3 is 2.96 bits per heavy atom. The number of carbonyl (C=O) groups excluding carboxylic acids is 1. The van der Waals surface area contributed by atoms with Gasteiger partial charge in [-0.15, -0.1) is 0 Å². The maximum atomic E-state index is 12.2. The highest BCUT2D eigenvalue weighted by atomic mass is 35.5. The molecule has 1 aliphatic heterocycles. The lowest BCUT2D eigenvalue weighted by atomic mass is 10.1. The minimum atomic E-state index is -0.425. The molecule has 2 atom stereocenters. The van der Waals surface area contributed by atoms with E-state index in [-0.39, 0.29) is 11.8 Å². The Hall–Kier alpha value is -1.60. The third-order valence-electron chi connectivity index (χ3n) is 3.83. The molecule has 2 aromatic rings. The van der Waals surface area contributed by atoms with E-state index in [1.807, 2.05) is 0 Å². The topological polar surface area (TPSA) is 79.2 Å². The van der Waals surface area contributed by atoms with Crippen LogP contribution < -0.4 is 10.6 Å². The van der Waals surface area contributed by atoms with Crippen LogP contribution in [0.5, 0.6) is 0 Å². The fourth-order valence-corrected chi connectivity index (χ4v) is 2.99. The van der Waals surface area contributed by atoms with Crippen molar-refractivity contribution in [2.45, 2.75) is 6.10 Å². The third-order valence-corrected chi connectivity index (χ3v) is 4.37. The second-order valence-electron chi connectivity index (χ2n) is 5.47. The number of aromatic nitrogens is 2. The number of amides is 1. The number of carbonyl (C=O) groups is 1. The molecule has 1 fully saturated rings. The van der Waals surface area contributed by atoms with Crippen LogP contribution in [0.1, 0.15) is 10.4 Å². The number of hydrogen-bond donors (Lipinski definition) is 3. The summed E-state index contributed by atoms with van der Waals surface area (Å²) in [6, 6.07) is 5.06. The number of aliphatic hydroxyl groups is 1. The van der Waals surface area contributed by atoms with Gasteiger partial charge in [0.15, 0.2) is 0 Å². The molecule has 8 heteroatoms. The second-order valence-corrected chi connectivity index (χ2v) is 6.31. The molecular weight excluding hydrogens is 339 g/mol. The number of nitrogens with zero attached hydrogens (tertiary/aromatic N) is 2. The van der Waals surface area contributed by atoms with Gasteiger partial charge in [-0.05, 0) is 18.2 Å². The molecule has 1 aromatic heterocycles. The Balaban J connectivity index is 1.67. The fourth-order valence-electron chi connectivity index (χ4n) is 2.49. The molecule has 122 valence electrons. The van der Waals surface area contributed by atoms with Crippen LogP contribution in [0.4, 0.5) is 0 Å². The van der Waals surface area contributed by atoms with Gasteiger partial charge >= 0.3 is 0 Å². The molecular formula is C15H16Cl2N4O2. The molecule has 2 heterocycles. The van der Waals surface area contributed by atoms with Crippen molar-refractivity contribution in [1.29, 1.82) is 0 Å². The van der Waals surface area contributed by atoms with Crippen LogP contribution in [-0.4, -0.2) is 46.5 Å². The average molecular weight is 355 g/mol. The Morgan fingerprint density at radius 1 is 1.43 bits per heavy atom. The van der Waals surface area contributed by atoms with Crippen LogP contribution in [0.2, 0.25) is 10.0 Å². The lowest BCUT2D eigenvalue weighted by Gasteiger charge is -2.13. The van der Waals surface area contributed by atoms with Gasteiger partial charge in [0.05, 0.1) is 28.6 Å². The Bertz CT molecular complexity index is 719. The Kier molecular flexibility index (Phi) is 4.87. The van der Waals surface area contributed by atoms with Gasteiger partial charge in [0.25, 0.3) is 5.91 Å². The van der Waals surface area contributed by atoms with Crippen molar-refractivity contribution in [2.75, 3.05) is 19.6 Å². The largest absolute Gasteiger partial charge is 0.391 e. The normalized spacial score (nSPS) is 20.7. The van der Waals surface area contributed by atoms with Crippen LogP contribution in [0.15, 0.2) is 30.6 Å². The van der Waals surface area contributed by atoms with Crippen LogP contribution in [0.3, 0.4) is 0 Å². The second kappa shape index (κ2) is 6.88. The van der Waals surface area contributed by atoms with Crippen LogP contribution in [0.25, 0.3) is 5.69 Å². The highest BCUT2D eigenvalue weighted by molar-refractivity contribution is 6.35. The Morgan fingerprint density at radius 2 is 2.26 bits per heavy atom. The molecule has 6 nitrogen and oxygen atoms in total. The molecule has 0 radical (unpaired) electrons. The van der Waals surface area contributed by atoms with Gasteiger partial charge in [0.1, 0.15) is 0 Å². The van der Waals surface area contributed by atoms with E-state index in [4.69, 9.17) is 23.2 Å². The lowest BCUT2D eigenvalue weighted by molar-refractivity contribution is 0.0927. The predicted molar refractivity (Wildman–Crippen MR) is 88.3 cm³/mol. The minimum Gasteiger partial charge on any atom is -0.391 e. The highest BCUT2D eigenvalue weighted by Gasteiger charge is 2.25. The summed E-state index contributed by atoms with van der Waals surface area (Å²) < 4.78 is 1.53. The smallest absolute Gasteiger partial charge is 0.254 e. The highest BCUT2D eigenvalue weighted by Crippen LogP contribution is 2.24. The third kappa shape index (κ3) is 3.67. The van der Waals surface area contributed by atoms with Gasteiger partial charge in [0.2, 0.25) is 0 Å². The molecule has 0 spiro atoms. The molecule has 2 unspecified atom stereocenters. The summed E-state index contributed by atoms with van der Waals surface area (Å²) in [5.41, 5.74) is 1.07. The molecule has 0 bridgehead atoms. The van der Waals surface area contributed by atoms with Gasteiger partial charge in [-0.1, -0.05) is 23.2 Å². The van der Waals surface area contributed by atoms with Crippen LogP contribution >= 0.6 is 23.2 Å². The molecule has 23 heavy (non-hydrogen) atoms. The van der Waals surface area contributed by atoms with E-state index in [1.54, 1.807) is 24.4 Å². The maximum absolute atomic E-state index is 12.2. The average Bonchev–Trinajstić information content (AvgIpc) is 3.14. The summed E-state index contributed by atoms with van der Waals surface area (Å²) in [5, 5.41) is 20.8. The molecule has 1 amide bonds. The van der Waals surface area contributed by atoms with Crippen LogP contribution in [-0.2, 0) is 0 Å². The summed E-state index contributed by atoms with van der Waals surface area (Å²) in [5.74, 6) is -0.208. The Labute approximate surface area is 143 Å². The molecule has 3 rings (SSSR count). The van der Waals surface area contributed by atoms with Gasteiger partial charge in [-0.25, -0.2) is 4.68 Å². The van der Waals surface area contributed by atoms with Crippen molar-refractivity contribution in [3.8, 4) is 5.69 Å². The predicted octanol–water partition coefficient (Wildman–Crippen LogP) is 1.49. The monoisotopic (exact) mass is 354 g/mol. The zero-order valence-corrected chi connectivity index (χ0v) is 13.7. The summed E-state index contributed by atoms with van der Waals surface area (Å²) in [4.78, 5) is 12.2. The van der Waals surface area contributed by atoms with E-state index in [1.165, 1.54) is 10.9 Å². The number of rotatable bonds is 4. The maximum Gasteiger partial charge on any atom is 0.254 e. The number of benzene rings is 1. The standard InChI is InChI=1S/C15H16Cl2N4O2/c16-11-1-2-13(12(17)3-11)21-8-10(6-20-21)15(23)19-5-9-4-18-7-14(9)22/h1-3,6,8-9,14,18,22H,4-5,7H2,(H,19,23). The first-order valence-electron chi connectivity index (χ1n) is 7.21. The van der Waals surface area contributed by atoms with Crippen molar-refractivity contribution in [3.05, 3.63) is 46.2 Å². The van der Waals surface area contributed by atoms with Gasteiger partial charge in [-0.2, -0.15) is 5.10 Å². The summed E-state index contributed by atoms with van der Waals surface area (Å²) in [6.45, 7) is 1.68. The molecule has 1 aliphatic rings. The summed E-state index contributed by atoms with van der Waals surface area (Å²) in [6.07, 6.45) is 2.66. The van der Waals surface area contributed by atoms with Crippen molar-refractivity contribution in [3.63, 3.8) is 0 Å². The van der Waals surface area contributed by atoms with E-state index in [0.29, 0.717) is 40.9 Å². The van der Waals surface area contributed by atoms with E-state index >= 15 is 0 Å². The van der Waals surface area contributed by atoms with Gasteiger partial charge < -0.3 is 15.7 Å². The van der Waals surface area contributed by atoms with Crippen molar-refractivity contribution in [1.82, 2.24) is 20.4 Å². The molecule has 1 aromatic carbocycles.